The number of hydrogen-bond donors (Lipinski definition) is 2. The molecule has 1 heterocycles. The predicted molar refractivity (Wildman–Crippen MR) is 135 cm³/mol. The molecule has 0 aliphatic carbocycles. The van der Waals surface area contributed by atoms with Crippen molar-refractivity contribution >= 4 is 40.5 Å². The van der Waals surface area contributed by atoms with Crippen LogP contribution in [0.5, 0.6) is 0 Å². The Morgan fingerprint density at radius 2 is 1.74 bits per heavy atom. The number of likely N-dealkylation sites (tertiary alicyclic amines) is 1. The minimum Gasteiger partial charge on any atom is -0.468 e. The van der Waals surface area contributed by atoms with Crippen molar-refractivity contribution in [2.45, 2.75) is 31.8 Å². The molecule has 2 aromatic rings. The SMILES string of the molecule is COC(=O)CNC(=O)CNC(=O)CN(SC)C1CCN(C(C)c2cccc3ccccc23)CC1. The summed E-state index contributed by atoms with van der Waals surface area (Å²) in [5.41, 5.74) is 1.35. The fourth-order valence-corrected chi connectivity index (χ4v) is 5.15. The van der Waals surface area contributed by atoms with Crippen LogP contribution in [0.2, 0.25) is 0 Å². The lowest BCUT2D eigenvalue weighted by atomic mass is 9.96. The molecule has 2 N–H and O–H groups in total. The molecule has 3 rings (SSSR count). The molecule has 1 saturated heterocycles. The van der Waals surface area contributed by atoms with Crippen molar-refractivity contribution < 1.29 is 19.1 Å². The van der Waals surface area contributed by atoms with E-state index >= 15 is 0 Å². The highest BCUT2D eigenvalue weighted by molar-refractivity contribution is 7.96. The topological polar surface area (TPSA) is 91.0 Å². The van der Waals surface area contributed by atoms with Gasteiger partial charge in [-0.25, -0.2) is 4.31 Å². The molecule has 0 spiro atoms. The molecule has 34 heavy (non-hydrogen) atoms. The van der Waals surface area contributed by atoms with Gasteiger partial charge in [0.25, 0.3) is 0 Å². The van der Waals surface area contributed by atoms with Crippen molar-refractivity contribution in [3.63, 3.8) is 0 Å². The lowest BCUT2D eigenvalue weighted by Gasteiger charge is -2.40. The van der Waals surface area contributed by atoms with E-state index in [4.69, 9.17) is 0 Å². The van der Waals surface area contributed by atoms with Gasteiger partial charge in [-0.2, -0.15) is 0 Å². The molecule has 1 fully saturated rings. The second-order valence-corrected chi connectivity index (χ2v) is 9.23. The standard InChI is InChI=1S/C25H34N4O4S/c1-18(21-10-6-8-19-7-4-5-9-22(19)21)28-13-11-20(12-14-28)29(34-3)17-24(31)26-15-23(30)27-16-25(32)33-2/h4-10,18,20H,11-17H2,1-3H3,(H,26,31)(H,27,30). The minimum absolute atomic E-state index is 0.168. The summed E-state index contributed by atoms with van der Waals surface area (Å²) >= 11 is 1.56. The van der Waals surface area contributed by atoms with Gasteiger partial charge in [0.2, 0.25) is 11.8 Å². The molecule has 0 radical (unpaired) electrons. The Morgan fingerprint density at radius 1 is 1.06 bits per heavy atom. The Labute approximate surface area is 205 Å². The molecule has 2 aromatic carbocycles. The van der Waals surface area contributed by atoms with Crippen LogP contribution in [0.25, 0.3) is 10.8 Å². The van der Waals surface area contributed by atoms with Gasteiger partial charge < -0.3 is 15.4 Å². The number of carbonyl (C=O) groups is 3. The molecular weight excluding hydrogens is 452 g/mol. The molecule has 1 atom stereocenters. The van der Waals surface area contributed by atoms with E-state index in [0.29, 0.717) is 12.1 Å². The van der Waals surface area contributed by atoms with Gasteiger partial charge in [0, 0.05) is 25.2 Å². The Balaban J connectivity index is 1.48. The highest BCUT2D eigenvalue weighted by Crippen LogP contribution is 2.31. The van der Waals surface area contributed by atoms with E-state index in [2.05, 4.69) is 74.0 Å². The maximum Gasteiger partial charge on any atom is 0.325 e. The predicted octanol–water partition coefficient (Wildman–Crippen LogP) is 2.35. The number of nitrogens with one attached hydrogen (secondary N) is 2. The summed E-state index contributed by atoms with van der Waals surface area (Å²) in [6.45, 7) is 4.03. The highest BCUT2D eigenvalue weighted by Gasteiger charge is 2.28. The number of ether oxygens (including phenoxy) is 1. The molecule has 0 bridgehead atoms. The quantitative estimate of drug-likeness (QED) is 0.394. The first kappa shape index (κ1) is 26.0. The van der Waals surface area contributed by atoms with Crippen LogP contribution in [-0.4, -0.2) is 79.1 Å². The zero-order chi connectivity index (χ0) is 24.5. The van der Waals surface area contributed by atoms with Crippen LogP contribution in [0.1, 0.15) is 31.4 Å². The van der Waals surface area contributed by atoms with Gasteiger partial charge in [0.05, 0.1) is 20.2 Å². The second kappa shape index (κ2) is 12.7. The third-order valence-corrected chi connectivity index (χ3v) is 7.26. The van der Waals surface area contributed by atoms with E-state index in [-0.39, 0.29) is 25.5 Å². The Bertz CT molecular complexity index is 989. The second-order valence-electron chi connectivity index (χ2n) is 8.40. The van der Waals surface area contributed by atoms with Crippen LogP contribution in [0.4, 0.5) is 0 Å². The van der Waals surface area contributed by atoms with E-state index in [0.717, 1.165) is 25.9 Å². The minimum atomic E-state index is -0.533. The van der Waals surface area contributed by atoms with Crippen LogP contribution in [-0.2, 0) is 19.1 Å². The number of piperidine rings is 1. The molecule has 1 aliphatic rings. The van der Waals surface area contributed by atoms with Gasteiger partial charge >= 0.3 is 5.97 Å². The van der Waals surface area contributed by atoms with Gasteiger partial charge in [0.1, 0.15) is 6.54 Å². The maximum absolute atomic E-state index is 12.4. The van der Waals surface area contributed by atoms with Gasteiger partial charge in [-0.1, -0.05) is 54.4 Å². The molecule has 0 saturated carbocycles. The average Bonchev–Trinajstić information content (AvgIpc) is 2.88. The van der Waals surface area contributed by atoms with Crippen LogP contribution >= 0.6 is 11.9 Å². The summed E-state index contributed by atoms with van der Waals surface area (Å²) in [4.78, 5) is 37.7. The maximum atomic E-state index is 12.4. The smallest absolute Gasteiger partial charge is 0.325 e. The molecule has 1 aliphatic heterocycles. The summed E-state index contributed by atoms with van der Waals surface area (Å²) in [6, 6.07) is 15.6. The number of methoxy groups -OCH3 is 1. The summed E-state index contributed by atoms with van der Waals surface area (Å²) < 4.78 is 6.57. The Hall–Kier alpha value is -2.62. The number of esters is 1. The summed E-state index contributed by atoms with van der Waals surface area (Å²) in [6.07, 6.45) is 3.92. The molecule has 184 valence electrons. The number of hydrogen-bond acceptors (Lipinski definition) is 7. The molecular formula is C25H34N4O4S. The lowest BCUT2D eigenvalue weighted by molar-refractivity contribution is -0.141. The molecule has 9 heteroatoms. The molecule has 2 amide bonds. The molecule has 1 unspecified atom stereocenters. The van der Waals surface area contributed by atoms with Gasteiger partial charge in [-0.3, -0.25) is 19.3 Å². The number of rotatable bonds is 10. The number of amides is 2. The summed E-state index contributed by atoms with van der Waals surface area (Å²) in [7, 11) is 1.25. The number of carbonyl (C=O) groups excluding carboxylic acids is 3. The van der Waals surface area contributed by atoms with Crippen LogP contribution in [0, 0.1) is 0 Å². The first-order valence-electron chi connectivity index (χ1n) is 11.6. The Morgan fingerprint density at radius 3 is 2.44 bits per heavy atom. The first-order valence-corrected chi connectivity index (χ1v) is 12.7. The van der Waals surface area contributed by atoms with Gasteiger partial charge in [-0.05, 0) is 42.4 Å². The van der Waals surface area contributed by atoms with Crippen molar-refractivity contribution in [2.75, 3.05) is 46.1 Å². The van der Waals surface area contributed by atoms with E-state index in [1.807, 2.05) is 6.26 Å². The Kier molecular flexibility index (Phi) is 9.74. The fraction of sp³-hybridized carbons (Fsp3) is 0.480. The monoisotopic (exact) mass is 486 g/mol. The third-order valence-electron chi connectivity index (χ3n) is 6.37. The van der Waals surface area contributed by atoms with Crippen molar-refractivity contribution in [3.05, 3.63) is 48.0 Å². The first-order chi connectivity index (χ1) is 16.4. The lowest BCUT2D eigenvalue weighted by Crippen LogP contribution is -2.47. The molecule has 8 nitrogen and oxygen atoms in total. The summed E-state index contributed by atoms with van der Waals surface area (Å²) in [5.74, 6) is -1.17. The third kappa shape index (κ3) is 6.94. The van der Waals surface area contributed by atoms with Crippen molar-refractivity contribution in [3.8, 4) is 0 Å². The molecule has 0 aromatic heterocycles. The van der Waals surface area contributed by atoms with Gasteiger partial charge in [-0.15, -0.1) is 0 Å². The summed E-state index contributed by atoms with van der Waals surface area (Å²) in [5, 5.41) is 7.60. The van der Waals surface area contributed by atoms with Crippen molar-refractivity contribution in [1.29, 1.82) is 0 Å². The normalized spacial score (nSPS) is 15.8. The largest absolute Gasteiger partial charge is 0.468 e. The number of nitrogens with zero attached hydrogens (tertiary/aromatic N) is 2. The highest BCUT2D eigenvalue weighted by atomic mass is 32.2. The van der Waals surface area contributed by atoms with E-state index in [1.165, 1.54) is 23.4 Å². The van der Waals surface area contributed by atoms with E-state index in [9.17, 15) is 14.4 Å². The van der Waals surface area contributed by atoms with Crippen molar-refractivity contribution in [1.82, 2.24) is 19.8 Å². The average molecular weight is 487 g/mol. The van der Waals surface area contributed by atoms with Crippen LogP contribution in [0.15, 0.2) is 42.5 Å². The van der Waals surface area contributed by atoms with Crippen LogP contribution < -0.4 is 10.6 Å². The van der Waals surface area contributed by atoms with Gasteiger partial charge in [0.15, 0.2) is 0 Å². The van der Waals surface area contributed by atoms with E-state index in [1.54, 1.807) is 11.9 Å². The van der Waals surface area contributed by atoms with E-state index < -0.39 is 11.9 Å². The fourth-order valence-electron chi connectivity index (χ4n) is 4.40. The number of benzene rings is 2. The zero-order valence-corrected chi connectivity index (χ0v) is 20.9. The zero-order valence-electron chi connectivity index (χ0n) is 20.1. The van der Waals surface area contributed by atoms with Crippen LogP contribution in [0.3, 0.4) is 0 Å². The number of fused-ring (bicyclic) bond motifs is 1. The van der Waals surface area contributed by atoms with Crippen molar-refractivity contribution in [2.24, 2.45) is 0 Å².